The monoisotopic (exact) mass is 1970 g/mol. The smallest absolute Gasteiger partial charge is 0.408 e. The molecule has 729 valence electrons. The van der Waals surface area contributed by atoms with Crippen LogP contribution in [0.1, 0.15) is 274 Å². The summed E-state index contributed by atoms with van der Waals surface area (Å²) >= 11 is 0. The van der Waals surface area contributed by atoms with Gasteiger partial charge in [0.25, 0.3) is 0 Å². The summed E-state index contributed by atoms with van der Waals surface area (Å²) < 4.78 is 55.5. The second kappa shape index (κ2) is 44.3. The molecule has 6 aliphatic carbocycles. The first-order valence-corrected chi connectivity index (χ1v) is 49.2. The molecule has 3 radical (unpaired) electrons. The molecule has 6 aliphatic heterocycles. The maximum absolute atomic E-state index is 14.2. The van der Waals surface area contributed by atoms with Crippen molar-refractivity contribution >= 4 is 88.0 Å². The van der Waals surface area contributed by atoms with Crippen LogP contribution in [0.5, 0.6) is 34.9 Å². The van der Waals surface area contributed by atoms with Gasteiger partial charge in [-0.1, -0.05) is 159 Å². The Morgan fingerprint density at radius 3 is 1.06 bits per heavy atom. The van der Waals surface area contributed by atoms with Crippen molar-refractivity contribution in [3.63, 3.8) is 0 Å². The maximum Gasteiger partial charge on any atom is 0.408 e. The molecule has 12 aliphatic rings. The number of hydrogen-bond acceptors (Lipinski definition) is 24. The van der Waals surface area contributed by atoms with Crippen molar-refractivity contribution in [1.82, 2.24) is 60.6 Å². The topological polar surface area (TPSA) is 360 Å². The molecule has 9 heterocycles. The molecule has 6 amide bonds. The van der Waals surface area contributed by atoms with E-state index in [1.54, 1.807) is 0 Å². The number of alkyl carbamates (subject to hydrolysis) is 3. The summed E-state index contributed by atoms with van der Waals surface area (Å²) in [6, 6.07) is 12.3. The third-order valence-corrected chi connectivity index (χ3v) is 28.9. The number of nitrogens with one attached hydrogen (secondary N) is 3. The van der Waals surface area contributed by atoms with Crippen LogP contribution >= 0.6 is 0 Å². The quantitative estimate of drug-likeness (QED) is 0.0756. The summed E-state index contributed by atoms with van der Waals surface area (Å²) in [6.45, 7) is 25.5. The molecule has 9 fully saturated rings. The Morgan fingerprint density at radius 2 is 0.719 bits per heavy atom. The summed E-state index contributed by atoms with van der Waals surface area (Å²) in [7, 11) is 0. The molecule has 18 atom stereocenters. The molecule has 3 aromatic heterocycles. The van der Waals surface area contributed by atoms with Crippen molar-refractivity contribution in [3.8, 4) is 34.9 Å². The van der Waals surface area contributed by atoms with Crippen LogP contribution in [0.4, 0.5) is 14.4 Å². The van der Waals surface area contributed by atoms with E-state index >= 15 is 0 Å². The number of aromatic nitrogens is 6. The number of benzene rings is 3. The Balaban J connectivity index is 0.000000170. The van der Waals surface area contributed by atoms with Crippen LogP contribution in [0, 0.1) is 51.8 Å². The minimum atomic E-state index is -0.900. The predicted octanol–water partition coefficient (Wildman–Crippen LogP) is 15.9. The maximum atomic E-state index is 14.2. The fourth-order valence-electron chi connectivity index (χ4n) is 20.4. The minimum Gasteiger partial charge on any atom is -0.540 e. The van der Waals surface area contributed by atoms with Gasteiger partial charge in [-0.3, -0.25) is 14.4 Å². The molecule has 3 N–H and O–H groups in total. The summed E-state index contributed by atoms with van der Waals surface area (Å²) in [5.74, 6) is 2.64. The van der Waals surface area contributed by atoms with Gasteiger partial charge in [-0.2, -0.15) is 0 Å². The molecule has 30 nitrogen and oxygen atoms in total. The van der Waals surface area contributed by atoms with E-state index in [4.69, 9.17) is 72.5 Å². The molecule has 3 aromatic carbocycles. The summed E-state index contributed by atoms with van der Waals surface area (Å²) in [6.07, 6.45) is 30.3. The van der Waals surface area contributed by atoms with E-state index in [0.717, 1.165) is 199 Å². The molecule has 6 saturated carbocycles. The molecule has 0 spiro atoms. The number of hydrogen-bond donors (Lipinski definition) is 3. The first-order chi connectivity index (χ1) is 63.3. The number of amides is 6. The van der Waals surface area contributed by atoms with Gasteiger partial charge in [-0.05, 0) is 218 Å². The van der Waals surface area contributed by atoms with E-state index in [0.29, 0.717) is 90.5 Å². The van der Waals surface area contributed by atoms with Crippen molar-refractivity contribution in [2.45, 2.75) is 367 Å². The normalized spacial score (nSPS) is 29.8. The van der Waals surface area contributed by atoms with Crippen LogP contribution in [-0.2, 0) is 118 Å². The van der Waals surface area contributed by atoms with E-state index in [1.165, 1.54) is 14.7 Å². The molecular weight excluding hydrogens is 1830 g/mol. The van der Waals surface area contributed by atoms with Gasteiger partial charge < -0.3 is 87.7 Å². The molecule has 6 bridgehead atoms. The van der Waals surface area contributed by atoms with E-state index in [1.807, 2.05) is 145 Å². The zero-order chi connectivity index (χ0) is 93.2. The predicted molar refractivity (Wildman–Crippen MR) is 492 cm³/mol. The second-order valence-electron chi connectivity index (χ2n) is 42.5. The van der Waals surface area contributed by atoms with Crippen molar-refractivity contribution in [1.29, 1.82) is 0 Å². The Hall–Kier alpha value is -8.54. The molecule has 3 saturated heterocycles. The zero-order valence-electron chi connectivity index (χ0n) is 80.6. The van der Waals surface area contributed by atoms with Gasteiger partial charge in [0, 0.05) is 79.8 Å². The Kier molecular flexibility index (Phi) is 34.1. The van der Waals surface area contributed by atoms with Crippen LogP contribution in [0.2, 0.25) is 0 Å². The number of aryl methyl sites for hydroxylation is 3. The Bertz CT molecular complexity index is 5220. The average Bonchev–Trinajstić information content (AvgIpc) is 1.60. The summed E-state index contributed by atoms with van der Waals surface area (Å²) in [5.41, 5.74) is 4.34. The number of carbonyl (C=O) groups is 6. The minimum absolute atomic E-state index is 0. The van der Waals surface area contributed by atoms with Crippen molar-refractivity contribution in [2.75, 3.05) is 19.6 Å². The first kappa shape index (κ1) is 104. The van der Waals surface area contributed by atoms with Gasteiger partial charge in [0.15, 0.2) is 0 Å². The van der Waals surface area contributed by atoms with E-state index in [9.17, 15) is 43.2 Å². The fourth-order valence-corrected chi connectivity index (χ4v) is 20.4. The van der Waals surface area contributed by atoms with Crippen LogP contribution in [-0.4, -0.2) is 210 Å². The largest absolute Gasteiger partial charge is 0.540 e. The summed E-state index contributed by atoms with van der Waals surface area (Å²) in [5, 5.41) is 8.57. The van der Waals surface area contributed by atoms with Gasteiger partial charge in [-0.15, -0.1) is 0 Å². The van der Waals surface area contributed by atoms with E-state index in [-0.39, 0.29) is 141 Å². The number of fused-ring (bicyclic) bond motifs is 15. The average molecular weight is 1970 g/mol. The van der Waals surface area contributed by atoms with Crippen LogP contribution in [0.3, 0.4) is 0 Å². The molecule has 135 heavy (non-hydrogen) atoms. The zero-order valence-corrected chi connectivity index (χ0v) is 84.8. The molecule has 6 aromatic rings. The van der Waals surface area contributed by atoms with Crippen molar-refractivity contribution in [3.05, 3.63) is 71.7 Å². The third kappa shape index (κ3) is 25.2. The van der Waals surface area contributed by atoms with Gasteiger partial charge in [0.2, 0.25) is 35.4 Å². The molecule has 0 unspecified atom stereocenters. The van der Waals surface area contributed by atoms with Crippen molar-refractivity contribution in [2.24, 2.45) is 51.8 Å². The Labute approximate surface area is 829 Å². The third-order valence-electron chi connectivity index (χ3n) is 28.9. The number of nitrogens with zero attached hydrogens (tertiary/aromatic N) is 9. The summed E-state index contributed by atoms with van der Waals surface area (Å²) in [4.78, 5) is 153. The van der Waals surface area contributed by atoms with E-state index in [2.05, 4.69) is 34.8 Å². The van der Waals surface area contributed by atoms with Gasteiger partial charge >= 0.3 is 18.3 Å². The SMILES string of the molecule is CC[C@@H]1[C@@H]2CN(C(=O)[C@H](C(C)(C)C)NC(=O)O[C@@H]3CCC[C@H]3CCCCCc3nc4ccc(OC5CC5)cc4nc3O2)[C@@H]1[C-]=O.CC[C@@H]1[C@@H]2CN(C(=O)[C@H](C(C)(C)C)NC(=O)O[C@@H]3C[C@H]3CCCCCc3nc4ccc(OC5CC5)cc4nc3O2)[C@@H]1[C-]=O.CC[C@@H]1[C@@H]2CN(C(=O)[C@H](C(C)(C)C)NC(=O)O[C@]3(C)C[C@H]3CCCCCc3nc4ccc(OC5CC5)cc4nc3O2)[C@@H]1[C-]=O.[V].[V].[V]. The number of ether oxygens (including phenoxy) is 9. The standard InChI is InChI=1S/C35H47N4O6.C34H45N4O6.C33H43N4O6.3V/c1-5-24-28(20-40)39-19-30(24)44-32-26(36-25-17-16-23(18-27(25)37-32)43-22-14-15-22)12-8-6-7-10-21-11-9-13-29(21)45-34(42)38-31(33(39)41)35(2,3)4;1-6-23-27(19-39)38-18-28(23)43-30-25(35-24-15-14-22(16-26(24)36-30)42-21-12-13-21)11-9-7-8-10-20-17-34(20,5)44-32(41)37-29(31(38)40)33(2,3)4;1-5-22-26(18-38)37-17-28(22)42-30-24(34-23-14-13-21(16-25(23)35-30)41-20-11-12-20)10-8-6-7-9-19-15-27(19)43-32(40)36-29(31(37)39)33(2,3)4;;;/h16-18,21-22,24,28-31H,5-15,19H2,1-4H3,(H,38,42);14-16,20-21,23,27-29H,6-13,17-18H2,1-5H3,(H,37,41);13-14,16,19-20,22,26-29H,5-12,15,17H2,1-4H3,(H,36,40);;;/q3*-1;;;/t21-,24+,28-,29-,30+,31-;20-,23+,27-,28+,29-,34-;19-,22+,26-,27-,28+,29-;;;/m111.../s1. The molecule has 33 heteroatoms. The van der Waals surface area contributed by atoms with Crippen molar-refractivity contribution < 1.29 is 141 Å². The number of rotatable bonds is 12. The van der Waals surface area contributed by atoms with Crippen LogP contribution < -0.4 is 44.4 Å². The van der Waals surface area contributed by atoms with Crippen LogP contribution in [0.15, 0.2) is 54.6 Å². The first-order valence-electron chi connectivity index (χ1n) is 49.2. The second-order valence-corrected chi connectivity index (χ2v) is 42.5. The fraction of sp³-hybridized carbons (Fsp3) is 0.676. The van der Waals surface area contributed by atoms with Gasteiger partial charge in [0.1, 0.15) is 88.6 Å². The molecular formula is C102H135N12O18V3-3. The van der Waals surface area contributed by atoms with Gasteiger partial charge in [0.05, 0.1) is 71.0 Å². The Morgan fingerprint density at radius 1 is 0.385 bits per heavy atom. The van der Waals surface area contributed by atoms with Crippen LogP contribution in [0.25, 0.3) is 33.1 Å². The van der Waals surface area contributed by atoms with Gasteiger partial charge in [-0.25, -0.2) is 63.1 Å². The molecule has 18 rings (SSSR count). The van der Waals surface area contributed by atoms with E-state index < -0.39 is 94.7 Å². The number of carbonyl (C=O) groups excluding carboxylic acids is 9.